The highest BCUT2D eigenvalue weighted by atomic mass is 28.3. The van der Waals surface area contributed by atoms with E-state index in [9.17, 15) is 0 Å². The van der Waals surface area contributed by atoms with Crippen LogP contribution in [-0.4, -0.2) is 19.8 Å². The van der Waals surface area contributed by atoms with Gasteiger partial charge in [-0.05, 0) is 35.4 Å². The van der Waals surface area contributed by atoms with Gasteiger partial charge >= 0.3 is 7.05 Å². The van der Waals surface area contributed by atoms with Crippen LogP contribution < -0.4 is 4.65 Å². The average Bonchev–Trinajstić information content (AvgIpc) is 2.39. The molecule has 0 amide bonds. The molecule has 1 aliphatic heterocycles. The maximum atomic E-state index is 6.17. The Morgan fingerprint density at radius 1 is 1.05 bits per heavy atom. The van der Waals surface area contributed by atoms with Gasteiger partial charge in [0.1, 0.15) is 14.0 Å². The molecule has 20 heavy (non-hydrogen) atoms. The summed E-state index contributed by atoms with van der Waals surface area (Å²) in [5, 5.41) is 0.279. The van der Waals surface area contributed by atoms with Crippen molar-refractivity contribution in [1.29, 1.82) is 0 Å². The van der Waals surface area contributed by atoms with E-state index in [0.717, 1.165) is 5.75 Å². The van der Waals surface area contributed by atoms with Crippen LogP contribution in [0.15, 0.2) is 54.7 Å². The van der Waals surface area contributed by atoms with Crippen LogP contribution in [0.3, 0.4) is 0 Å². The molecule has 0 aromatic heterocycles. The first-order valence-corrected chi connectivity index (χ1v) is 10.1. The van der Waals surface area contributed by atoms with Crippen LogP contribution in [0.5, 0.6) is 5.75 Å². The van der Waals surface area contributed by atoms with Crippen molar-refractivity contribution in [2.75, 3.05) is 0 Å². The number of rotatable bonds is 3. The summed E-state index contributed by atoms with van der Waals surface area (Å²) in [5.74, 6) is 3.05. The lowest BCUT2D eigenvalue weighted by Crippen LogP contribution is -2.60. The predicted molar refractivity (Wildman–Crippen MR) is 90.1 cm³/mol. The van der Waals surface area contributed by atoms with Crippen molar-refractivity contribution in [3.8, 4) is 5.75 Å². The number of hydrogen-bond donors (Lipinski definition) is 0. The van der Waals surface area contributed by atoms with E-state index in [-0.39, 0.29) is 12.1 Å². The van der Waals surface area contributed by atoms with Gasteiger partial charge in [-0.25, -0.2) is 0 Å². The molecule has 0 saturated carbocycles. The van der Waals surface area contributed by atoms with Crippen molar-refractivity contribution in [2.24, 2.45) is 0 Å². The Morgan fingerprint density at radius 3 is 2.30 bits per heavy atom. The third-order valence-electron chi connectivity index (χ3n) is 4.39. The summed E-state index contributed by atoms with van der Waals surface area (Å²) in [6.45, 7) is 11.8. The first-order valence-electron chi connectivity index (χ1n) is 7.17. The zero-order chi connectivity index (χ0) is 14.8. The number of benzene rings is 1. The minimum absolute atomic E-state index is 0.0108. The molecular formula is C16H24BNOSi. The number of nitrogens with zero attached hydrogens (tertiary/aromatic N) is 1. The van der Waals surface area contributed by atoms with E-state index in [2.05, 4.69) is 62.7 Å². The molecule has 0 N–H and O–H groups in total. The quantitative estimate of drug-likeness (QED) is 0.759. The fourth-order valence-corrected chi connectivity index (χ4v) is 4.11. The molecule has 1 aromatic carbocycles. The Bertz CT molecular complexity index is 505. The standard InChI is InChI=1S/C16H24BNOSi/c1-16(2,3)20(4,5)18-14-10-9-13-17(18)19-15-11-7-6-8-12-15/h6-14H,1-5H3. The van der Waals surface area contributed by atoms with Gasteiger partial charge in [0.05, 0.1) is 0 Å². The predicted octanol–water partition coefficient (Wildman–Crippen LogP) is 4.48. The molecule has 0 radical (unpaired) electrons. The van der Waals surface area contributed by atoms with E-state index in [0.29, 0.717) is 0 Å². The van der Waals surface area contributed by atoms with Gasteiger partial charge < -0.3 is 9.13 Å². The number of allylic oxidation sites excluding steroid dienone is 2. The first kappa shape index (κ1) is 15.0. The van der Waals surface area contributed by atoms with Crippen molar-refractivity contribution in [3.63, 3.8) is 0 Å². The second kappa shape index (κ2) is 5.52. The molecule has 106 valence electrons. The van der Waals surface area contributed by atoms with Crippen LogP contribution in [0.1, 0.15) is 20.8 Å². The van der Waals surface area contributed by atoms with Crippen LogP contribution in [-0.2, 0) is 0 Å². The third-order valence-corrected chi connectivity index (χ3v) is 9.75. The average molecular weight is 285 g/mol. The Morgan fingerprint density at radius 2 is 1.70 bits per heavy atom. The van der Waals surface area contributed by atoms with Crippen molar-refractivity contribution >= 4 is 15.3 Å². The Kier molecular flexibility index (Phi) is 4.14. The molecule has 0 saturated heterocycles. The lowest BCUT2D eigenvalue weighted by molar-refractivity contribution is 0.517. The van der Waals surface area contributed by atoms with E-state index >= 15 is 0 Å². The van der Waals surface area contributed by atoms with Crippen molar-refractivity contribution in [3.05, 3.63) is 54.7 Å². The van der Waals surface area contributed by atoms with E-state index < -0.39 is 8.24 Å². The van der Waals surface area contributed by atoms with Gasteiger partial charge in [-0.1, -0.05) is 58.1 Å². The zero-order valence-electron chi connectivity index (χ0n) is 13.1. The molecule has 1 heterocycles. The molecule has 1 aromatic rings. The molecule has 2 nitrogen and oxygen atoms in total. The molecule has 0 atom stereocenters. The largest absolute Gasteiger partial charge is 0.538 e. The lowest BCUT2D eigenvalue weighted by atomic mass is 9.81. The zero-order valence-corrected chi connectivity index (χ0v) is 14.1. The fraction of sp³-hybridized carbons (Fsp3) is 0.375. The van der Waals surface area contributed by atoms with Gasteiger partial charge in [-0.2, -0.15) is 0 Å². The van der Waals surface area contributed by atoms with Crippen LogP contribution in [0, 0.1) is 0 Å². The van der Waals surface area contributed by atoms with Crippen LogP contribution >= 0.6 is 0 Å². The summed E-state index contributed by atoms with van der Waals surface area (Å²) < 4.78 is 8.60. The SMILES string of the molecule is CC(C)(C)[Si](C)(C)N1C=CC=CB1Oc1ccccc1. The lowest BCUT2D eigenvalue weighted by Gasteiger charge is -2.47. The molecule has 1 aliphatic rings. The summed E-state index contributed by atoms with van der Waals surface area (Å²) in [7, 11) is -1.66. The fourth-order valence-electron chi connectivity index (χ4n) is 2.11. The summed E-state index contributed by atoms with van der Waals surface area (Å²) >= 11 is 0. The topological polar surface area (TPSA) is 12.5 Å². The summed E-state index contributed by atoms with van der Waals surface area (Å²) in [5.41, 5.74) is 0. The van der Waals surface area contributed by atoms with Gasteiger partial charge in [0.2, 0.25) is 0 Å². The van der Waals surface area contributed by atoms with Gasteiger partial charge in [0, 0.05) is 0 Å². The highest BCUT2D eigenvalue weighted by molar-refractivity contribution is 6.86. The van der Waals surface area contributed by atoms with E-state index in [1.165, 1.54) is 0 Å². The summed E-state index contributed by atoms with van der Waals surface area (Å²) in [6, 6.07) is 10.0. The first-order chi connectivity index (χ1) is 9.32. The third kappa shape index (κ3) is 3.01. The molecule has 0 fully saturated rings. The number of para-hydroxylation sites is 1. The second-order valence-corrected chi connectivity index (χ2v) is 11.9. The maximum Gasteiger partial charge on any atom is 0.502 e. The van der Waals surface area contributed by atoms with Gasteiger partial charge in [0.15, 0.2) is 0 Å². The maximum absolute atomic E-state index is 6.17. The van der Waals surface area contributed by atoms with E-state index in [4.69, 9.17) is 4.65 Å². The van der Waals surface area contributed by atoms with Gasteiger partial charge in [0.25, 0.3) is 0 Å². The monoisotopic (exact) mass is 285 g/mol. The summed E-state index contributed by atoms with van der Waals surface area (Å²) in [6.07, 6.45) is 6.35. The molecule has 2 rings (SSSR count). The van der Waals surface area contributed by atoms with Gasteiger partial charge in [-0.15, -0.1) is 0 Å². The molecule has 0 spiro atoms. The molecule has 0 unspecified atom stereocenters. The minimum Gasteiger partial charge on any atom is -0.538 e. The normalized spacial score (nSPS) is 15.7. The second-order valence-electron chi connectivity index (χ2n) is 6.76. The molecule has 0 aliphatic carbocycles. The van der Waals surface area contributed by atoms with Crippen molar-refractivity contribution < 1.29 is 4.65 Å². The molecular weight excluding hydrogens is 261 g/mol. The van der Waals surface area contributed by atoms with Crippen LogP contribution in [0.25, 0.3) is 0 Å². The van der Waals surface area contributed by atoms with Crippen molar-refractivity contribution in [1.82, 2.24) is 4.48 Å². The van der Waals surface area contributed by atoms with Crippen LogP contribution in [0.4, 0.5) is 0 Å². The smallest absolute Gasteiger partial charge is 0.502 e. The molecule has 0 bridgehead atoms. The Labute approximate surface area is 124 Å². The Balaban J connectivity index is 2.23. The Hall–Kier alpha value is -1.42. The molecule has 4 heteroatoms. The van der Waals surface area contributed by atoms with Crippen LogP contribution in [0.2, 0.25) is 18.1 Å². The highest BCUT2D eigenvalue weighted by Crippen LogP contribution is 2.39. The minimum atomic E-state index is -1.65. The van der Waals surface area contributed by atoms with Crippen molar-refractivity contribution in [2.45, 2.75) is 38.9 Å². The van der Waals surface area contributed by atoms with E-state index in [1.54, 1.807) is 0 Å². The summed E-state index contributed by atoms with van der Waals surface area (Å²) in [4.78, 5) is 0. The highest BCUT2D eigenvalue weighted by Gasteiger charge is 2.45. The number of hydrogen-bond acceptors (Lipinski definition) is 2. The van der Waals surface area contributed by atoms with E-state index in [1.807, 2.05) is 30.3 Å². The van der Waals surface area contributed by atoms with Gasteiger partial charge in [-0.3, -0.25) is 0 Å².